The number of nitrogens with zero attached hydrogens (tertiary/aromatic N) is 1. The SMILES string of the molecule is C[NH+](C)CCCCCCCCCCCCCc1ccccc1.O=S(=O)([N-]S(=O)(=O)C(F)(F)F)C(F)(F)F. The summed E-state index contributed by atoms with van der Waals surface area (Å²) in [6, 6.07) is 10.9. The third kappa shape index (κ3) is 16.9. The Bertz CT molecular complexity index is 894. The molecule has 0 radical (unpaired) electrons. The highest BCUT2D eigenvalue weighted by Crippen LogP contribution is 2.36. The molecular formula is C23H38F6N2O4S2. The van der Waals surface area contributed by atoms with E-state index in [-0.39, 0.29) is 0 Å². The van der Waals surface area contributed by atoms with Crippen LogP contribution in [-0.2, 0) is 26.5 Å². The van der Waals surface area contributed by atoms with E-state index in [2.05, 4.69) is 44.4 Å². The molecule has 0 amide bonds. The van der Waals surface area contributed by atoms with E-state index in [1.807, 2.05) is 0 Å². The summed E-state index contributed by atoms with van der Waals surface area (Å²) in [6.07, 6.45) is 17.0. The van der Waals surface area contributed by atoms with Gasteiger partial charge in [-0.25, -0.2) is 16.8 Å². The van der Waals surface area contributed by atoms with E-state index < -0.39 is 31.1 Å². The van der Waals surface area contributed by atoms with E-state index in [0.717, 1.165) is 4.13 Å². The molecule has 0 aromatic heterocycles. The van der Waals surface area contributed by atoms with Crippen LogP contribution in [0.25, 0.3) is 4.13 Å². The Balaban J connectivity index is 0.000000757. The standard InChI is InChI=1S/C21H37N.C2F6NO4S2/c1-22(2)20-16-11-9-7-5-3-4-6-8-10-13-17-21-18-14-12-15-19-21;3-1(4,5)14(10,11)9-15(12,13)2(6,7)8/h12,14-15,18-19H,3-11,13,16-17,20H2,1-2H3;/q;-1/p+1. The molecule has 6 nitrogen and oxygen atoms in total. The fourth-order valence-electron chi connectivity index (χ4n) is 3.26. The molecule has 0 saturated heterocycles. The smallest absolute Gasteiger partial charge is 0.421 e. The number of alkyl halides is 6. The molecule has 1 aromatic carbocycles. The van der Waals surface area contributed by atoms with Gasteiger partial charge >= 0.3 is 11.0 Å². The number of halogens is 6. The van der Waals surface area contributed by atoms with Gasteiger partial charge in [0.05, 0.1) is 20.6 Å². The van der Waals surface area contributed by atoms with Crippen LogP contribution in [0.3, 0.4) is 0 Å². The van der Waals surface area contributed by atoms with Crippen LogP contribution in [-0.4, -0.2) is 48.5 Å². The van der Waals surface area contributed by atoms with Gasteiger partial charge in [-0.2, -0.15) is 26.3 Å². The van der Waals surface area contributed by atoms with Crippen molar-refractivity contribution >= 4 is 20.0 Å². The highest BCUT2D eigenvalue weighted by Gasteiger charge is 2.46. The van der Waals surface area contributed by atoms with E-state index in [4.69, 9.17) is 0 Å². The van der Waals surface area contributed by atoms with Crippen molar-refractivity contribution in [2.45, 2.75) is 88.1 Å². The van der Waals surface area contributed by atoms with Crippen molar-refractivity contribution in [3.05, 3.63) is 40.0 Å². The second-order valence-electron chi connectivity index (χ2n) is 9.00. The summed E-state index contributed by atoms with van der Waals surface area (Å²) in [4.78, 5) is 1.59. The topological polar surface area (TPSA) is 86.8 Å². The van der Waals surface area contributed by atoms with Crippen LogP contribution in [0.15, 0.2) is 30.3 Å². The van der Waals surface area contributed by atoms with Crippen molar-refractivity contribution in [2.24, 2.45) is 0 Å². The Morgan fingerprint density at radius 2 is 0.973 bits per heavy atom. The molecule has 0 atom stereocenters. The van der Waals surface area contributed by atoms with Gasteiger partial charge in [0.15, 0.2) is 20.0 Å². The number of quaternary nitrogens is 1. The van der Waals surface area contributed by atoms with Gasteiger partial charge in [-0.05, 0) is 31.2 Å². The van der Waals surface area contributed by atoms with Gasteiger partial charge in [-0.3, -0.25) is 0 Å². The molecule has 0 spiro atoms. The largest absolute Gasteiger partial charge is 0.480 e. The van der Waals surface area contributed by atoms with Gasteiger partial charge in [-0.15, -0.1) is 0 Å². The molecule has 1 N–H and O–H groups in total. The zero-order valence-corrected chi connectivity index (χ0v) is 22.9. The maximum atomic E-state index is 11.4. The average Bonchev–Trinajstić information content (AvgIpc) is 2.75. The Labute approximate surface area is 216 Å². The zero-order valence-electron chi connectivity index (χ0n) is 21.2. The van der Waals surface area contributed by atoms with Gasteiger partial charge in [0.1, 0.15) is 0 Å². The van der Waals surface area contributed by atoms with Gasteiger partial charge in [0.25, 0.3) is 0 Å². The minimum absolute atomic E-state index is 0.778. The molecule has 0 heterocycles. The first-order valence-electron chi connectivity index (χ1n) is 12.2. The molecule has 0 aliphatic heterocycles. The average molecular weight is 585 g/mol. The minimum Gasteiger partial charge on any atom is -0.421 e. The van der Waals surface area contributed by atoms with Crippen molar-refractivity contribution in [3.63, 3.8) is 0 Å². The second kappa shape index (κ2) is 17.3. The Morgan fingerprint density at radius 3 is 1.32 bits per heavy atom. The summed E-state index contributed by atoms with van der Waals surface area (Å²) in [5.74, 6) is 0. The maximum absolute atomic E-state index is 11.4. The van der Waals surface area contributed by atoms with E-state index >= 15 is 0 Å². The summed E-state index contributed by atoms with van der Waals surface area (Å²) >= 11 is 0. The van der Waals surface area contributed by atoms with E-state index in [9.17, 15) is 43.2 Å². The molecule has 0 aliphatic rings. The lowest BCUT2D eigenvalue weighted by Crippen LogP contribution is -3.05. The van der Waals surface area contributed by atoms with Gasteiger partial charge < -0.3 is 9.03 Å². The quantitative estimate of drug-likeness (QED) is 0.199. The summed E-state index contributed by atoms with van der Waals surface area (Å²) < 4.78 is 109. The van der Waals surface area contributed by atoms with Crippen LogP contribution < -0.4 is 4.90 Å². The molecule has 0 fully saturated rings. The van der Waals surface area contributed by atoms with Crippen LogP contribution in [0, 0.1) is 0 Å². The van der Waals surface area contributed by atoms with Crippen LogP contribution in [0.1, 0.15) is 76.2 Å². The number of nitrogens with one attached hydrogen (secondary N) is 1. The van der Waals surface area contributed by atoms with Crippen molar-refractivity contribution in [1.82, 2.24) is 0 Å². The number of benzene rings is 1. The van der Waals surface area contributed by atoms with Crippen LogP contribution >= 0.6 is 0 Å². The molecule has 1 aromatic rings. The van der Waals surface area contributed by atoms with Crippen molar-refractivity contribution < 1.29 is 48.1 Å². The highest BCUT2D eigenvalue weighted by molar-refractivity contribution is 8.13. The molecule has 0 saturated carbocycles. The monoisotopic (exact) mass is 584 g/mol. The first-order chi connectivity index (χ1) is 17.0. The fourth-order valence-corrected chi connectivity index (χ4v) is 4.97. The lowest BCUT2D eigenvalue weighted by molar-refractivity contribution is -0.858. The fraction of sp³-hybridized carbons (Fsp3) is 0.739. The molecular weight excluding hydrogens is 546 g/mol. The number of aryl methyl sites for hydroxylation is 1. The normalized spacial score (nSPS) is 12.9. The Kier molecular flexibility index (Phi) is 16.6. The Morgan fingerprint density at radius 1 is 0.622 bits per heavy atom. The van der Waals surface area contributed by atoms with Gasteiger partial charge in [0, 0.05) is 0 Å². The molecule has 37 heavy (non-hydrogen) atoms. The highest BCUT2D eigenvalue weighted by atomic mass is 32.3. The molecule has 0 aliphatic carbocycles. The van der Waals surface area contributed by atoms with Gasteiger partial charge in [-0.1, -0.05) is 81.7 Å². The maximum Gasteiger partial charge on any atom is 0.480 e. The van der Waals surface area contributed by atoms with E-state index in [1.54, 1.807) is 4.90 Å². The first kappa shape index (κ1) is 35.6. The van der Waals surface area contributed by atoms with E-state index in [1.165, 1.54) is 89.2 Å². The predicted octanol–water partition coefficient (Wildman–Crippen LogP) is 5.72. The van der Waals surface area contributed by atoms with Crippen LogP contribution in [0.2, 0.25) is 0 Å². The summed E-state index contributed by atoms with van der Waals surface area (Å²) in [5.41, 5.74) is -10.9. The Hall–Kier alpha value is -1.38. The minimum atomic E-state index is -6.72. The number of sulfonamides is 2. The van der Waals surface area contributed by atoms with Gasteiger partial charge in [0.2, 0.25) is 0 Å². The van der Waals surface area contributed by atoms with Crippen molar-refractivity contribution in [1.29, 1.82) is 0 Å². The number of rotatable bonds is 16. The first-order valence-corrected chi connectivity index (χ1v) is 15.1. The molecule has 0 unspecified atom stereocenters. The lowest BCUT2D eigenvalue weighted by atomic mass is 10.0. The van der Waals surface area contributed by atoms with Crippen molar-refractivity contribution in [2.75, 3.05) is 20.6 Å². The number of hydrogen-bond acceptors (Lipinski definition) is 4. The molecule has 1 rings (SSSR count). The van der Waals surface area contributed by atoms with E-state index in [0.29, 0.717) is 0 Å². The van der Waals surface area contributed by atoms with Crippen molar-refractivity contribution in [3.8, 4) is 0 Å². The van der Waals surface area contributed by atoms with Crippen LogP contribution in [0.5, 0.6) is 0 Å². The molecule has 14 heteroatoms. The predicted molar refractivity (Wildman–Crippen MR) is 132 cm³/mol. The van der Waals surface area contributed by atoms with Crippen LogP contribution in [0.4, 0.5) is 26.3 Å². The lowest BCUT2D eigenvalue weighted by Gasteiger charge is -2.22. The third-order valence-corrected chi connectivity index (χ3v) is 8.01. The zero-order chi connectivity index (χ0) is 28.6. The second-order valence-corrected chi connectivity index (χ2v) is 12.4. The third-order valence-electron chi connectivity index (χ3n) is 5.27. The number of unbranched alkanes of at least 4 members (excludes halogenated alkanes) is 10. The summed E-state index contributed by atoms with van der Waals surface area (Å²) in [7, 11) is -8.94. The number of hydrogen-bond donors (Lipinski definition) is 1. The molecule has 218 valence electrons. The summed E-state index contributed by atoms with van der Waals surface area (Å²) in [5, 5.41) is 0. The summed E-state index contributed by atoms with van der Waals surface area (Å²) in [6.45, 7) is 1.34. The molecule has 0 bridgehead atoms.